The Morgan fingerprint density at radius 2 is 2.26 bits per heavy atom. The Kier molecular flexibility index (Phi) is 4.83. The maximum Gasteiger partial charge on any atom is 0.225 e. The van der Waals surface area contributed by atoms with Crippen LogP contribution in [0.15, 0.2) is 18.2 Å². The summed E-state index contributed by atoms with van der Waals surface area (Å²) in [5, 5.41) is 3.62. The molecule has 0 saturated carbocycles. The maximum atomic E-state index is 12.0. The Hall–Kier alpha value is -1.06. The fourth-order valence-electron chi connectivity index (χ4n) is 2.50. The summed E-state index contributed by atoms with van der Waals surface area (Å²) in [7, 11) is 2.10. The number of amides is 1. The molecular formula is C15H21ClN2O. The van der Waals surface area contributed by atoms with Gasteiger partial charge in [-0.3, -0.25) is 4.79 Å². The first-order valence-electron chi connectivity index (χ1n) is 6.82. The van der Waals surface area contributed by atoms with Crippen molar-refractivity contribution >= 4 is 23.2 Å². The second-order valence-electron chi connectivity index (χ2n) is 5.35. The minimum Gasteiger partial charge on any atom is -0.326 e. The molecule has 1 aromatic rings. The predicted octanol–water partition coefficient (Wildman–Crippen LogP) is 3.46. The van der Waals surface area contributed by atoms with Crippen molar-refractivity contribution in [3.05, 3.63) is 28.8 Å². The molecule has 1 saturated heterocycles. The monoisotopic (exact) mass is 280 g/mol. The molecule has 1 aromatic carbocycles. The Morgan fingerprint density at radius 3 is 2.95 bits per heavy atom. The number of piperidine rings is 1. The number of halogens is 1. The molecule has 0 aromatic heterocycles. The smallest absolute Gasteiger partial charge is 0.225 e. The van der Waals surface area contributed by atoms with E-state index in [1.165, 1.54) is 12.8 Å². The summed E-state index contributed by atoms with van der Waals surface area (Å²) in [6, 6.07) is 5.99. The Bertz CT molecular complexity index is 461. The molecule has 4 heteroatoms. The zero-order valence-electron chi connectivity index (χ0n) is 11.6. The standard InChI is InChI=1S/C15H21ClN2O/c1-11-6-7-12(9-14(11)16)17-15(19)10-13-5-3-4-8-18(13)2/h6-7,9,13H,3-5,8,10H2,1-2H3,(H,17,19). The van der Waals surface area contributed by atoms with Gasteiger partial charge in [0.2, 0.25) is 5.91 Å². The van der Waals surface area contributed by atoms with E-state index in [-0.39, 0.29) is 5.91 Å². The first-order chi connectivity index (χ1) is 9.06. The van der Waals surface area contributed by atoms with Crippen LogP contribution in [0.25, 0.3) is 0 Å². The van der Waals surface area contributed by atoms with E-state index in [2.05, 4.69) is 17.3 Å². The minimum atomic E-state index is 0.0682. The van der Waals surface area contributed by atoms with Gasteiger partial charge in [-0.05, 0) is 51.1 Å². The quantitative estimate of drug-likeness (QED) is 0.920. The molecule has 2 rings (SSSR count). The summed E-state index contributed by atoms with van der Waals surface area (Å²) < 4.78 is 0. The van der Waals surface area contributed by atoms with Crippen LogP contribution in [-0.4, -0.2) is 30.4 Å². The highest BCUT2D eigenvalue weighted by atomic mass is 35.5. The number of aryl methyl sites for hydroxylation is 1. The molecule has 104 valence electrons. The molecule has 0 radical (unpaired) electrons. The van der Waals surface area contributed by atoms with Crippen LogP contribution >= 0.6 is 11.6 Å². The molecule has 0 bridgehead atoms. The average Bonchev–Trinajstić information content (AvgIpc) is 2.37. The second-order valence-corrected chi connectivity index (χ2v) is 5.75. The molecule has 1 unspecified atom stereocenters. The third-order valence-electron chi connectivity index (χ3n) is 3.80. The number of hydrogen-bond donors (Lipinski definition) is 1. The van der Waals surface area contributed by atoms with Gasteiger partial charge in [0.1, 0.15) is 0 Å². The molecule has 1 atom stereocenters. The molecule has 1 aliphatic rings. The summed E-state index contributed by atoms with van der Waals surface area (Å²) in [5.74, 6) is 0.0682. The average molecular weight is 281 g/mol. The van der Waals surface area contributed by atoms with Crippen molar-refractivity contribution in [2.24, 2.45) is 0 Å². The molecule has 1 amide bonds. The van der Waals surface area contributed by atoms with E-state index >= 15 is 0 Å². The van der Waals surface area contributed by atoms with Crippen LogP contribution in [0.2, 0.25) is 5.02 Å². The van der Waals surface area contributed by atoms with Gasteiger partial charge in [-0.2, -0.15) is 0 Å². The molecule has 1 heterocycles. The van der Waals surface area contributed by atoms with Gasteiger partial charge in [-0.1, -0.05) is 24.1 Å². The number of carbonyl (C=O) groups is 1. The third-order valence-corrected chi connectivity index (χ3v) is 4.21. The van der Waals surface area contributed by atoms with Crippen molar-refractivity contribution in [3.8, 4) is 0 Å². The lowest BCUT2D eigenvalue weighted by atomic mass is 10.00. The van der Waals surface area contributed by atoms with Crippen molar-refractivity contribution in [3.63, 3.8) is 0 Å². The lowest BCUT2D eigenvalue weighted by molar-refractivity contribution is -0.117. The highest BCUT2D eigenvalue weighted by Gasteiger charge is 2.21. The van der Waals surface area contributed by atoms with Crippen LogP contribution in [0.3, 0.4) is 0 Å². The fraction of sp³-hybridized carbons (Fsp3) is 0.533. The number of nitrogens with one attached hydrogen (secondary N) is 1. The van der Waals surface area contributed by atoms with Crippen LogP contribution in [0.5, 0.6) is 0 Å². The normalized spacial score (nSPS) is 20.3. The summed E-state index contributed by atoms with van der Waals surface area (Å²) >= 11 is 6.05. The van der Waals surface area contributed by atoms with Gasteiger partial charge < -0.3 is 10.2 Å². The van der Waals surface area contributed by atoms with Crippen molar-refractivity contribution in [2.75, 3.05) is 18.9 Å². The van der Waals surface area contributed by atoms with Crippen LogP contribution in [0.4, 0.5) is 5.69 Å². The molecule has 0 aliphatic carbocycles. The topological polar surface area (TPSA) is 32.3 Å². The number of rotatable bonds is 3. The second kappa shape index (κ2) is 6.40. The Morgan fingerprint density at radius 1 is 1.47 bits per heavy atom. The summed E-state index contributed by atoms with van der Waals surface area (Å²) in [4.78, 5) is 14.3. The number of nitrogens with zero attached hydrogens (tertiary/aromatic N) is 1. The van der Waals surface area contributed by atoms with Crippen LogP contribution in [-0.2, 0) is 4.79 Å². The summed E-state index contributed by atoms with van der Waals surface area (Å²) in [6.45, 7) is 3.04. The Balaban J connectivity index is 1.91. The number of likely N-dealkylation sites (tertiary alicyclic amines) is 1. The number of benzene rings is 1. The van der Waals surface area contributed by atoms with Crippen LogP contribution < -0.4 is 5.32 Å². The molecule has 1 N–H and O–H groups in total. The fourth-order valence-corrected chi connectivity index (χ4v) is 2.68. The van der Waals surface area contributed by atoms with Crippen molar-refractivity contribution in [2.45, 2.75) is 38.6 Å². The zero-order valence-corrected chi connectivity index (χ0v) is 12.3. The van der Waals surface area contributed by atoms with Crippen molar-refractivity contribution in [1.29, 1.82) is 0 Å². The van der Waals surface area contributed by atoms with Crippen LogP contribution in [0, 0.1) is 6.92 Å². The lowest BCUT2D eigenvalue weighted by Gasteiger charge is -2.31. The van der Waals surface area contributed by atoms with E-state index in [1.807, 2.05) is 19.1 Å². The van der Waals surface area contributed by atoms with Gasteiger partial charge in [0.25, 0.3) is 0 Å². The van der Waals surface area contributed by atoms with E-state index in [0.29, 0.717) is 17.5 Å². The number of carbonyl (C=O) groups excluding carboxylic acids is 1. The van der Waals surface area contributed by atoms with Gasteiger partial charge in [0.05, 0.1) is 0 Å². The van der Waals surface area contributed by atoms with E-state index in [0.717, 1.165) is 24.2 Å². The highest BCUT2D eigenvalue weighted by Crippen LogP contribution is 2.21. The lowest BCUT2D eigenvalue weighted by Crippen LogP contribution is -2.38. The number of hydrogen-bond acceptors (Lipinski definition) is 2. The summed E-state index contributed by atoms with van der Waals surface area (Å²) in [5.41, 5.74) is 1.80. The molecule has 1 fully saturated rings. The Labute approximate surface area is 119 Å². The van der Waals surface area contributed by atoms with Crippen molar-refractivity contribution in [1.82, 2.24) is 4.90 Å². The molecule has 1 aliphatic heterocycles. The minimum absolute atomic E-state index is 0.0682. The van der Waals surface area contributed by atoms with Crippen molar-refractivity contribution < 1.29 is 4.79 Å². The van der Waals surface area contributed by atoms with E-state index in [4.69, 9.17) is 11.6 Å². The zero-order chi connectivity index (χ0) is 13.8. The highest BCUT2D eigenvalue weighted by molar-refractivity contribution is 6.31. The van der Waals surface area contributed by atoms with Gasteiger partial charge in [0.15, 0.2) is 0 Å². The predicted molar refractivity (Wildman–Crippen MR) is 79.7 cm³/mol. The van der Waals surface area contributed by atoms with Gasteiger partial charge in [-0.25, -0.2) is 0 Å². The maximum absolute atomic E-state index is 12.0. The van der Waals surface area contributed by atoms with Gasteiger partial charge in [-0.15, -0.1) is 0 Å². The molecule has 0 spiro atoms. The largest absolute Gasteiger partial charge is 0.326 e. The molecule has 3 nitrogen and oxygen atoms in total. The van der Waals surface area contributed by atoms with Gasteiger partial charge in [0, 0.05) is 23.2 Å². The van der Waals surface area contributed by atoms with E-state index in [9.17, 15) is 4.79 Å². The molecular weight excluding hydrogens is 260 g/mol. The third kappa shape index (κ3) is 3.95. The van der Waals surface area contributed by atoms with Crippen LogP contribution in [0.1, 0.15) is 31.2 Å². The molecule has 19 heavy (non-hydrogen) atoms. The van der Waals surface area contributed by atoms with E-state index < -0.39 is 0 Å². The first kappa shape index (κ1) is 14.4. The summed E-state index contributed by atoms with van der Waals surface area (Å²) in [6.07, 6.45) is 4.13. The SMILES string of the molecule is Cc1ccc(NC(=O)CC2CCCCN2C)cc1Cl. The first-order valence-corrected chi connectivity index (χ1v) is 7.20. The number of anilines is 1. The van der Waals surface area contributed by atoms with E-state index in [1.54, 1.807) is 6.07 Å². The van der Waals surface area contributed by atoms with Gasteiger partial charge >= 0.3 is 0 Å².